The van der Waals surface area contributed by atoms with Crippen molar-refractivity contribution in [1.82, 2.24) is 9.80 Å². The van der Waals surface area contributed by atoms with E-state index in [4.69, 9.17) is 4.74 Å². The Hall–Kier alpha value is -0.750. The molecule has 0 radical (unpaired) electrons. The number of rotatable bonds is 8. The number of hydrogen-bond donors (Lipinski definition) is 0. The quantitative estimate of drug-likeness (QED) is 0.623. The lowest BCUT2D eigenvalue weighted by atomic mass is 10.3. The van der Waals surface area contributed by atoms with Gasteiger partial charge in [-0.2, -0.15) is 8.78 Å². The van der Waals surface area contributed by atoms with Crippen LogP contribution in [0.15, 0.2) is 0 Å². The van der Waals surface area contributed by atoms with Gasteiger partial charge in [0.15, 0.2) is 0 Å². The predicted octanol–water partition coefficient (Wildman–Crippen LogP) is 0.678. The summed E-state index contributed by atoms with van der Waals surface area (Å²) < 4.78 is 29.3. The zero-order valence-corrected chi connectivity index (χ0v) is 10.1. The highest BCUT2D eigenvalue weighted by Crippen LogP contribution is 2.02. The van der Waals surface area contributed by atoms with Crippen LogP contribution in [0.2, 0.25) is 0 Å². The summed E-state index contributed by atoms with van der Waals surface area (Å²) in [5.41, 5.74) is 0. The van der Waals surface area contributed by atoms with Crippen LogP contribution in [0.1, 0.15) is 6.42 Å². The Kier molecular flexibility index (Phi) is 8.01. The molecule has 0 rings (SSSR count). The minimum atomic E-state index is -2.93. The van der Waals surface area contributed by atoms with E-state index in [2.05, 4.69) is 0 Å². The second kappa shape index (κ2) is 8.41. The van der Waals surface area contributed by atoms with Gasteiger partial charge in [0.05, 0.1) is 6.61 Å². The number of carbonyl (C=O) groups excluding carboxylic acids is 1. The zero-order valence-electron chi connectivity index (χ0n) is 10.1. The van der Waals surface area contributed by atoms with Crippen LogP contribution in [0.25, 0.3) is 0 Å². The highest BCUT2D eigenvalue weighted by atomic mass is 19.3. The first-order valence-electron chi connectivity index (χ1n) is 5.19. The molecule has 0 aromatic carbocycles. The predicted molar refractivity (Wildman–Crippen MR) is 57.6 cm³/mol. The third kappa shape index (κ3) is 6.68. The minimum absolute atomic E-state index is 0.215. The van der Waals surface area contributed by atoms with Gasteiger partial charge in [-0.15, -0.1) is 0 Å². The van der Waals surface area contributed by atoms with E-state index >= 15 is 0 Å². The number of alkyl halides is 2. The second-order valence-corrected chi connectivity index (χ2v) is 3.78. The van der Waals surface area contributed by atoms with E-state index in [9.17, 15) is 13.6 Å². The number of carbonyl (C=O) groups is 1. The molecule has 0 fully saturated rings. The summed E-state index contributed by atoms with van der Waals surface area (Å²) in [6.07, 6.45) is -2.26. The van der Waals surface area contributed by atoms with E-state index in [1.165, 1.54) is 7.11 Å². The lowest BCUT2D eigenvalue weighted by molar-refractivity contribution is -0.143. The smallest absolute Gasteiger partial charge is 0.315 e. The molecule has 0 aliphatic heterocycles. The van der Waals surface area contributed by atoms with Crippen molar-refractivity contribution < 1.29 is 18.3 Å². The molecule has 0 unspecified atom stereocenters. The molecule has 1 amide bonds. The van der Waals surface area contributed by atoms with Crippen LogP contribution in [0.5, 0.6) is 0 Å². The van der Waals surface area contributed by atoms with Crippen molar-refractivity contribution in [3.63, 3.8) is 0 Å². The fourth-order valence-corrected chi connectivity index (χ4v) is 1.25. The van der Waals surface area contributed by atoms with E-state index in [-0.39, 0.29) is 13.2 Å². The molecule has 0 aliphatic rings. The Morgan fingerprint density at radius 3 is 2.31 bits per heavy atom. The number of ether oxygens (including phenoxy) is 1. The molecule has 0 heterocycles. The maximum atomic E-state index is 12.2. The fraction of sp³-hybridized carbons (Fsp3) is 0.900. The largest absolute Gasteiger partial charge is 0.383 e. The van der Waals surface area contributed by atoms with Crippen LogP contribution in [-0.2, 0) is 9.53 Å². The summed E-state index contributed by atoms with van der Waals surface area (Å²) in [5, 5.41) is 0. The molecule has 0 aromatic heterocycles. The molecule has 0 saturated heterocycles. The lowest BCUT2D eigenvalue weighted by Gasteiger charge is -2.22. The van der Waals surface area contributed by atoms with Crippen molar-refractivity contribution in [3.8, 4) is 0 Å². The Bertz CT molecular complexity index is 201. The van der Waals surface area contributed by atoms with Crippen LogP contribution in [0.4, 0.5) is 8.78 Å². The molecular weight excluding hydrogens is 218 g/mol. The topological polar surface area (TPSA) is 32.8 Å². The van der Waals surface area contributed by atoms with E-state index in [0.717, 1.165) is 11.4 Å². The average Bonchev–Trinajstić information content (AvgIpc) is 2.21. The molecule has 4 nitrogen and oxygen atoms in total. The van der Waals surface area contributed by atoms with Gasteiger partial charge in [-0.05, 0) is 27.1 Å². The van der Waals surface area contributed by atoms with Crippen LogP contribution in [0.3, 0.4) is 0 Å². The molecule has 0 aliphatic carbocycles. The third-order valence-corrected chi connectivity index (χ3v) is 2.10. The molecule has 0 atom stereocenters. The normalized spacial score (nSPS) is 11.2. The van der Waals surface area contributed by atoms with Gasteiger partial charge in [0.1, 0.15) is 0 Å². The van der Waals surface area contributed by atoms with E-state index in [1.807, 2.05) is 19.0 Å². The Morgan fingerprint density at radius 1 is 1.25 bits per heavy atom. The number of nitrogens with zero attached hydrogens (tertiary/aromatic N) is 2. The molecule has 0 saturated carbocycles. The molecular formula is C10H20F2N2O2. The molecule has 0 bridgehead atoms. The van der Waals surface area contributed by atoms with Crippen LogP contribution in [-0.4, -0.2) is 69.6 Å². The summed E-state index contributed by atoms with van der Waals surface area (Å²) in [4.78, 5) is 14.2. The minimum Gasteiger partial charge on any atom is -0.383 e. The maximum absolute atomic E-state index is 12.2. The number of methoxy groups -OCH3 is 1. The average molecular weight is 238 g/mol. The van der Waals surface area contributed by atoms with Gasteiger partial charge in [-0.1, -0.05) is 0 Å². The lowest BCUT2D eigenvalue weighted by Crippen LogP contribution is -2.39. The van der Waals surface area contributed by atoms with Crippen molar-refractivity contribution in [3.05, 3.63) is 0 Å². The van der Waals surface area contributed by atoms with Crippen molar-refractivity contribution in [2.75, 3.05) is 47.4 Å². The number of hydrogen-bond acceptors (Lipinski definition) is 3. The molecule has 16 heavy (non-hydrogen) atoms. The fourth-order valence-electron chi connectivity index (χ4n) is 1.25. The summed E-state index contributed by atoms with van der Waals surface area (Å²) in [6.45, 7) is 1.60. The van der Waals surface area contributed by atoms with Crippen molar-refractivity contribution in [1.29, 1.82) is 0 Å². The molecule has 0 aromatic rings. The first-order valence-corrected chi connectivity index (χ1v) is 5.19. The van der Waals surface area contributed by atoms with Crippen LogP contribution in [0, 0.1) is 0 Å². The van der Waals surface area contributed by atoms with E-state index in [1.54, 1.807) is 0 Å². The number of amides is 1. The maximum Gasteiger partial charge on any atom is 0.315 e. The molecule has 0 N–H and O–H groups in total. The van der Waals surface area contributed by atoms with Gasteiger partial charge in [0.25, 0.3) is 5.91 Å². The van der Waals surface area contributed by atoms with Crippen molar-refractivity contribution in [2.24, 2.45) is 0 Å². The first-order chi connectivity index (χ1) is 7.49. The Balaban J connectivity index is 4.04. The summed E-state index contributed by atoms with van der Waals surface area (Å²) in [7, 11) is 5.27. The van der Waals surface area contributed by atoms with Gasteiger partial charge >= 0.3 is 6.43 Å². The highest BCUT2D eigenvalue weighted by molar-refractivity contribution is 5.79. The zero-order chi connectivity index (χ0) is 12.6. The van der Waals surface area contributed by atoms with Gasteiger partial charge < -0.3 is 14.5 Å². The van der Waals surface area contributed by atoms with Gasteiger partial charge in [0.2, 0.25) is 0 Å². The number of halogens is 2. The van der Waals surface area contributed by atoms with Crippen LogP contribution >= 0.6 is 0 Å². The van der Waals surface area contributed by atoms with E-state index in [0.29, 0.717) is 13.0 Å². The van der Waals surface area contributed by atoms with Crippen LogP contribution < -0.4 is 0 Å². The summed E-state index contributed by atoms with van der Waals surface area (Å²) >= 11 is 0. The SMILES string of the molecule is COCCN(CCCN(C)C)C(=O)C(F)F. The summed E-state index contributed by atoms with van der Waals surface area (Å²) in [5.74, 6) is -1.11. The monoisotopic (exact) mass is 238 g/mol. The van der Waals surface area contributed by atoms with E-state index < -0.39 is 12.3 Å². The first kappa shape index (κ1) is 15.2. The van der Waals surface area contributed by atoms with Gasteiger partial charge in [-0.25, -0.2) is 0 Å². The Labute approximate surface area is 95.1 Å². The standard InChI is InChI=1S/C10H20F2N2O2/c1-13(2)5-4-6-14(7-8-16-3)10(15)9(11)12/h9H,4-8H2,1-3H3. The van der Waals surface area contributed by atoms with Gasteiger partial charge in [-0.3, -0.25) is 4.79 Å². The van der Waals surface area contributed by atoms with Crippen molar-refractivity contribution in [2.45, 2.75) is 12.8 Å². The Morgan fingerprint density at radius 2 is 1.88 bits per heavy atom. The van der Waals surface area contributed by atoms with Crippen molar-refractivity contribution >= 4 is 5.91 Å². The molecule has 6 heteroatoms. The highest BCUT2D eigenvalue weighted by Gasteiger charge is 2.22. The molecule has 0 spiro atoms. The second-order valence-electron chi connectivity index (χ2n) is 3.78. The van der Waals surface area contributed by atoms with Gasteiger partial charge in [0, 0.05) is 20.2 Å². The molecule has 96 valence electrons. The third-order valence-electron chi connectivity index (χ3n) is 2.10. The summed E-state index contributed by atoms with van der Waals surface area (Å²) in [6, 6.07) is 0.